The van der Waals surface area contributed by atoms with Gasteiger partial charge in [0.25, 0.3) is 5.91 Å². The molecule has 2 heterocycles. The molecule has 0 spiro atoms. The number of benzene rings is 1. The number of fused-ring (bicyclic) bond motifs is 1. The summed E-state index contributed by atoms with van der Waals surface area (Å²) in [6.07, 6.45) is 15.3. The molecule has 0 radical (unpaired) electrons. The minimum absolute atomic E-state index is 0.0922. The Labute approximate surface area is 322 Å². The van der Waals surface area contributed by atoms with E-state index < -0.39 is 56.7 Å². The van der Waals surface area contributed by atoms with Gasteiger partial charge in [0.1, 0.15) is 35.2 Å². The Morgan fingerprint density at radius 2 is 1.82 bits per heavy atom. The van der Waals surface area contributed by atoms with Gasteiger partial charge < -0.3 is 25.4 Å². The number of nitrogens with one attached hydrogen (secondary N) is 3. The molecule has 1 unspecified atom stereocenters. The summed E-state index contributed by atoms with van der Waals surface area (Å²) in [6, 6.07) is 7.66. The van der Waals surface area contributed by atoms with Crippen molar-refractivity contribution in [2.75, 3.05) is 6.54 Å². The molecule has 7 rings (SSSR count). The van der Waals surface area contributed by atoms with Gasteiger partial charge >= 0.3 is 6.09 Å². The first-order valence-electron chi connectivity index (χ1n) is 20.0. The summed E-state index contributed by atoms with van der Waals surface area (Å²) < 4.78 is 33.3. The van der Waals surface area contributed by atoms with Crippen LogP contribution < -0.4 is 15.4 Å². The maximum Gasteiger partial charge on any atom is 0.408 e. The molecule has 4 aliphatic carbocycles. The lowest BCUT2D eigenvalue weighted by Gasteiger charge is -2.32. The highest BCUT2D eigenvalue weighted by Gasteiger charge is 2.61. The second-order valence-electron chi connectivity index (χ2n) is 16.1. The van der Waals surface area contributed by atoms with Gasteiger partial charge in [0, 0.05) is 17.8 Å². The molecule has 13 nitrogen and oxygen atoms in total. The molecule has 55 heavy (non-hydrogen) atoms. The Balaban J connectivity index is 0.937. The predicted molar refractivity (Wildman–Crippen MR) is 207 cm³/mol. The van der Waals surface area contributed by atoms with Crippen LogP contribution in [0.3, 0.4) is 0 Å². The number of sulfonamides is 1. The lowest BCUT2D eigenvalue weighted by molar-refractivity contribution is -0.142. The first kappa shape index (κ1) is 38.8. The molecule has 1 aliphatic heterocycles. The second kappa shape index (κ2) is 16.3. The maximum absolute atomic E-state index is 14.3. The van der Waals surface area contributed by atoms with Crippen molar-refractivity contribution in [1.29, 1.82) is 0 Å². The van der Waals surface area contributed by atoms with Gasteiger partial charge in [-0.2, -0.15) is 0 Å². The number of amides is 4. The summed E-state index contributed by atoms with van der Waals surface area (Å²) in [5.41, 5.74) is -0.0835. The van der Waals surface area contributed by atoms with E-state index in [1.54, 1.807) is 6.07 Å². The highest BCUT2D eigenvalue weighted by molar-refractivity contribution is 7.91. The van der Waals surface area contributed by atoms with Crippen LogP contribution in [0.1, 0.15) is 102 Å². The standard InChI is InChI=1S/C41H53N5O8S/c1-2-29-25-41(29,39(50)45-55(52,53)30-21-22-30)44-37(48)33-19-11-23-46(33)38(49)36(27-13-6-7-14-27)43-40(51)54-35-20-10-16-26(35)12-4-3-5-18-32-34(47)24-28-15-8-9-17-31(28)42-32/h2,5,8-9,15,17-18,24,26-27,29-30,33,35-36,47H,1,3-4,6-7,10-14,16,19-23,25H2,(H,43,51)(H,44,48)(H,45,50)/b18-5+/t26-,29-,33+,35-,36?,41-/m1/s1. The van der Waals surface area contributed by atoms with E-state index in [0.717, 1.165) is 75.1 Å². The Hall–Kier alpha value is -4.46. The number of hydrogen-bond donors (Lipinski definition) is 4. The minimum Gasteiger partial charge on any atom is -0.506 e. The molecule has 0 bridgehead atoms. The quantitative estimate of drug-likeness (QED) is 0.139. The number of likely N-dealkylation sites (tertiary alicyclic amines) is 1. The first-order chi connectivity index (χ1) is 26.5. The molecule has 5 fully saturated rings. The van der Waals surface area contributed by atoms with E-state index >= 15 is 0 Å². The number of carbonyl (C=O) groups excluding carboxylic acids is 4. The molecule has 1 saturated heterocycles. The predicted octanol–water partition coefficient (Wildman–Crippen LogP) is 5.24. The van der Waals surface area contributed by atoms with Crippen molar-refractivity contribution >= 4 is 50.8 Å². The molecule has 296 valence electrons. The lowest BCUT2D eigenvalue weighted by Crippen LogP contribution is -2.59. The molecular formula is C41H53N5O8S. The van der Waals surface area contributed by atoms with Crippen LogP contribution in [0.4, 0.5) is 4.79 Å². The van der Waals surface area contributed by atoms with Crippen LogP contribution in [0.25, 0.3) is 17.0 Å². The van der Waals surface area contributed by atoms with Gasteiger partial charge in [0.05, 0.1) is 10.8 Å². The molecule has 2 aromatic rings. The molecule has 4 N–H and O–H groups in total. The van der Waals surface area contributed by atoms with E-state index in [4.69, 9.17) is 4.74 Å². The fourth-order valence-corrected chi connectivity index (χ4v) is 10.3. The van der Waals surface area contributed by atoms with Crippen LogP contribution in [-0.2, 0) is 29.1 Å². The van der Waals surface area contributed by atoms with Crippen LogP contribution in [0.15, 0.2) is 49.1 Å². The molecular weight excluding hydrogens is 723 g/mol. The van der Waals surface area contributed by atoms with Gasteiger partial charge in [0.2, 0.25) is 21.8 Å². The number of allylic oxidation sites excluding steroid dienone is 1. The highest BCUT2D eigenvalue weighted by Crippen LogP contribution is 2.45. The van der Waals surface area contributed by atoms with Crippen molar-refractivity contribution in [3.8, 4) is 5.75 Å². The van der Waals surface area contributed by atoms with Crippen molar-refractivity contribution in [2.45, 2.75) is 125 Å². The number of alkyl carbamates (subject to hydrolysis) is 1. The molecule has 1 aromatic heterocycles. The zero-order chi connectivity index (χ0) is 38.7. The number of nitrogens with zero attached hydrogens (tertiary/aromatic N) is 2. The van der Waals surface area contributed by atoms with Crippen LogP contribution in [0.5, 0.6) is 5.75 Å². The third-order valence-electron chi connectivity index (χ3n) is 12.3. The maximum atomic E-state index is 14.3. The van der Waals surface area contributed by atoms with E-state index in [2.05, 4.69) is 26.9 Å². The average Bonchev–Trinajstić information content (AvgIpc) is 3.92. The number of para-hydroxylation sites is 1. The van der Waals surface area contributed by atoms with Gasteiger partial charge in [0.15, 0.2) is 0 Å². The largest absolute Gasteiger partial charge is 0.506 e. The third kappa shape index (κ3) is 8.69. The highest BCUT2D eigenvalue weighted by atomic mass is 32.2. The molecule has 1 aromatic carbocycles. The Bertz CT molecular complexity index is 1940. The Morgan fingerprint density at radius 1 is 1.04 bits per heavy atom. The summed E-state index contributed by atoms with van der Waals surface area (Å²) in [6.45, 7) is 4.09. The van der Waals surface area contributed by atoms with Crippen molar-refractivity contribution < 1.29 is 37.4 Å². The number of aromatic hydroxyl groups is 1. The zero-order valence-corrected chi connectivity index (χ0v) is 32.1. The number of rotatable bonds is 15. The number of unbranched alkanes of at least 4 members (excludes halogenated alkanes) is 1. The van der Waals surface area contributed by atoms with Gasteiger partial charge in [-0.1, -0.05) is 43.2 Å². The third-order valence-corrected chi connectivity index (χ3v) is 14.1. The SMILES string of the molecule is C=C[C@@H]1C[C@]1(NC(=O)[C@@H]1CCCN1C(=O)C(NC(=O)O[C@@H]1CCC[C@H]1CCC/C=C/c1nc2ccccc2cc1O)C1CCCC1)C(=O)NS(=O)(=O)C1CC1. The fourth-order valence-electron chi connectivity index (χ4n) is 8.89. The van der Waals surface area contributed by atoms with Crippen LogP contribution in [-0.4, -0.2) is 82.7 Å². The summed E-state index contributed by atoms with van der Waals surface area (Å²) in [5, 5.41) is 16.4. The molecule has 4 amide bonds. The van der Waals surface area contributed by atoms with Gasteiger partial charge in [-0.15, -0.1) is 6.58 Å². The normalized spacial score (nSPS) is 27.2. The summed E-state index contributed by atoms with van der Waals surface area (Å²) in [5.74, 6) is -1.82. The monoisotopic (exact) mass is 775 g/mol. The molecule has 14 heteroatoms. The van der Waals surface area contributed by atoms with Crippen molar-refractivity contribution in [3.05, 3.63) is 54.8 Å². The average molecular weight is 776 g/mol. The minimum atomic E-state index is -3.82. The molecule has 6 atom stereocenters. The van der Waals surface area contributed by atoms with Crippen LogP contribution >= 0.6 is 0 Å². The topological polar surface area (TPSA) is 184 Å². The number of hydrogen-bond acceptors (Lipinski definition) is 9. The number of aromatic nitrogens is 1. The van der Waals surface area contributed by atoms with Gasteiger partial charge in [-0.05, 0) is 114 Å². The van der Waals surface area contributed by atoms with E-state index in [1.165, 1.54) is 11.0 Å². The lowest BCUT2D eigenvalue weighted by atomic mass is 9.96. The van der Waals surface area contributed by atoms with E-state index in [9.17, 15) is 32.7 Å². The van der Waals surface area contributed by atoms with Crippen molar-refractivity contribution in [3.63, 3.8) is 0 Å². The van der Waals surface area contributed by atoms with Crippen LogP contribution in [0, 0.1) is 17.8 Å². The van der Waals surface area contributed by atoms with Crippen molar-refractivity contribution in [1.82, 2.24) is 25.2 Å². The van der Waals surface area contributed by atoms with Crippen molar-refractivity contribution in [2.24, 2.45) is 17.8 Å². The Morgan fingerprint density at radius 3 is 2.56 bits per heavy atom. The number of ether oxygens (including phenoxy) is 1. The number of carbonyl (C=O) groups is 4. The molecule has 4 saturated carbocycles. The van der Waals surface area contributed by atoms with E-state index in [1.807, 2.05) is 36.4 Å². The zero-order valence-electron chi connectivity index (χ0n) is 31.3. The van der Waals surface area contributed by atoms with Gasteiger partial charge in [-0.3, -0.25) is 19.1 Å². The summed E-state index contributed by atoms with van der Waals surface area (Å²) in [4.78, 5) is 60.9. The second-order valence-corrected chi connectivity index (χ2v) is 18.1. The Kier molecular flexibility index (Phi) is 11.5. The first-order valence-corrected chi connectivity index (χ1v) is 21.6. The van der Waals surface area contributed by atoms with E-state index in [-0.39, 0.29) is 36.0 Å². The number of pyridine rings is 1. The summed E-state index contributed by atoms with van der Waals surface area (Å²) in [7, 11) is -3.82. The van der Waals surface area contributed by atoms with Crippen LogP contribution in [0.2, 0.25) is 0 Å². The van der Waals surface area contributed by atoms with Gasteiger partial charge in [-0.25, -0.2) is 18.2 Å². The fraction of sp³-hybridized carbons (Fsp3) is 0.585. The van der Waals surface area contributed by atoms with E-state index in [0.29, 0.717) is 37.9 Å². The molecule has 5 aliphatic rings. The summed E-state index contributed by atoms with van der Waals surface area (Å²) >= 11 is 0. The smallest absolute Gasteiger partial charge is 0.408 e.